The summed E-state index contributed by atoms with van der Waals surface area (Å²) in [6.07, 6.45) is 3.48. The first-order valence-electron chi connectivity index (χ1n) is 8.46. The highest BCUT2D eigenvalue weighted by molar-refractivity contribution is 7.90. The van der Waals surface area contributed by atoms with Crippen molar-refractivity contribution in [2.75, 3.05) is 11.9 Å². The van der Waals surface area contributed by atoms with Crippen molar-refractivity contribution in [3.8, 4) is 0 Å². The molecule has 25 heavy (non-hydrogen) atoms. The fraction of sp³-hybridized carbons (Fsp3) is 0.625. The largest absolute Gasteiger partial charge is 0.385 e. The van der Waals surface area contributed by atoms with Crippen LogP contribution in [-0.4, -0.2) is 34.7 Å². The molecule has 1 aliphatic carbocycles. The molecule has 0 spiro atoms. The Bertz CT molecular complexity index is 783. The van der Waals surface area contributed by atoms with Crippen LogP contribution in [-0.2, 0) is 20.0 Å². The van der Waals surface area contributed by atoms with Crippen LogP contribution < -0.4 is 15.2 Å². The molecule has 0 atom stereocenters. The lowest BCUT2D eigenvalue weighted by atomic mass is 9.86. The summed E-state index contributed by atoms with van der Waals surface area (Å²) < 4.78 is 49.4. The van der Waals surface area contributed by atoms with E-state index in [-0.39, 0.29) is 10.9 Å². The van der Waals surface area contributed by atoms with Gasteiger partial charge in [-0.15, -0.1) is 0 Å². The average molecular weight is 390 g/mol. The first-order valence-corrected chi connectivity index (χ1v) is 11.5. The third-order valence-corrected chi connectivity index (χ3v) is 7.37. The van der Waals surface area contributed by atoms with Crippen molar-refractivity contribution in [3.05, 3.63) is 24.3 Å². The van der Waals surface area contributed by atoms with E-state index in [1.165, 1.54) is 12.1 Å². The van der Waals surface area contributed by atoms with Crippen molar-refractivity contribution in [2.24, 2.45) is 11.1 Å². The third kappa shape index (κ3) is 5.95. The maximum atomic E-state index is 11.9. The normalized spacial score (nSPS) is 22.1. The number of sulfonamides is 2. The van der Waals surface area contributed by atoms with Crippen LogP contribution in [0.5, 0.6) is 0 Å². The Morgan fingerprint density at radius 2 is 1.76 bits per heavy atom. The molecule has 2 rings (SSSR count). The van der Waals surface area contributed by atoms with Crippen molar-refractivity contribution in [1.29, 1.82) is 0 Å². The molecule has 0 amide bonds. The minimum absolute atomic E-state index is 0.00867. The first-order chi connectivity index (χ1) is 11.6. The Labute approximate surface area is 150 Å². The van der Waals surface area contributed by atoms with Gasteiger partial charge in [-0.2, -0.15) is 0 Å². The minimum Gasteiger partial charge on any atom is -0.385 e. The van der Waals surface area contributed by atoms with Gasteiger partial charge in [-0.1, -0.05) is 6.07 Å². The van der Waals surface area contributed by atoms with Crippen LogP contribution in [0.2, 0.25) is 0 Å². The van der Waals surface area contributed by atoms with E-state index in [0.29, 0.717) is 11.6 Å². The molecular formula is C16H27N3O4S2. The Morgan fingerprint density at radius 1 is 1.12 bits per heavy atom. The molecule has 0 aromatic heterocycles. The Balaban J connectivity index is 1.83. The summed E-state index contributed by atoms with van der Waals surface area (Å²) in [4.78, 5) is 0.0873. The topological polar surface area (TPSA) is 118 Å². The van der Waals surface area contributed by atoms with E-state index in [1.807, 2.05) is 0 Å². The molecule has 1 aliphatic rings. The molecule has 1 aromatic rings. The second-order valence-corrected chi connectivity index (χ2v) is 10.7. The fourth-order valence-electron chi connectivity index (χ4n) is 2.90. The molecule has 7 nitrogen and oxygen atoms in total. The second kappa shape index (κ2) is 8.03. The molecule has 4 N–H and O–H groups in total. The van der Waals surface area contributed by atoms with Crippen molar-refractivity contribution >= 4 is 25.7 Å². The number of hydrogen-bond acceptors (Lipinski definition) is 5. The lowest BCUT2D eigenvalue weighted by molar-refractivity contribution is 0.323. The molecule has 0 saturated heterocycles. The second-order valence-electron chi connectivity index (χ2n) is 6.88. The summed E-state index contributed by atoms with van der Waals surface area (Å²) in [6.45, 7) is 4.07. The monoisotopic (exact) mass is 389 g/mol. The predicted octanol–water partition coefficient (Wildman–Crippen LogP) is 1.63. The molecular weight excluding hydrogens is 362 g/mol. The van der Waals surface area contributed by atoms with Crippen LogP contribution in [0.1, 0.15) is 39.5 Å². The zero-order chi connectivity index (χ0) is 18.7. The number of nitrogens with one attached hydrogen (secondary N) is 2. The van der Waals surface area contributed by atoms with Gasteiger partial charge in [0.25, 0.3) is 0 Å². The van der Waals surface area contributed by atoms with Crippen molar-refractivity contribution in [3.63, 3.8) is 0 Å². The molecule has 0 radical (unpaired) electrons. The number of benzene rings is 1. The lowest BCUT2D eigenvalue weighted by Gasteiger charge is -2.29. The van der Waals surface area contributed by atoms with Gasteiger partial charge in [-0.05, 0) is 63.6 Å². The Hall–Kier alpha value is -1.16. The van der Waals surface area contributed by atoms with Gasteiger partial charge in [0.15, 0.2) is 0 Å². The predicted molar refractivity (Wildman–Crippen MR) is 99.2 cm³/mol. The molecule has 142 valence electrons. The van der Waals surface area contributed by atoms with Crippen molar-refractivity contribution in [1.82, 2.24) is 4.72 Å². The molecule has 0 heterocycles. The van der Waals surface area contributed by atoms with Gasteiger partial charge in [0.1, 0.15) is 0 Å². The molecule has 1 aromatic carbocycles. The lowest BCUT2D eigenvalue weighted by Crippen LogP contribution is -2.41. The van der Waals surface area contributed by atoms with E-state index in [0.717, 1.165) is 32.2 Å². The van der Waals surface area contributed by atoms with E-state index in [4.69, 9.17) is 5.14 Å². The van der Waals surface area contributed by atoms with Crippen molar-refractivity contribution < 1.29 is 16.8 Å². The van der Waals surface area contributed by atoms with E-state index >= 15 is 0 Å². The Kier molecular flexibility index (Phi) is 6.47. The number of hydrogen-bond donors (Lipinski definition) is 3. The number of anilines is 1. The standard InChI is InChI=1S/C16H27N3O4S2/c1-12(2)25(22,23)19-14-8-6-13(7-9-14)11-18-15-4-3-5-16(10-15)24(17,20)21/h3-5,10,12-14,18-19H,6-9,11H2,1-2H3,(H2,17,20,21)/t13-,14-. The zero-order valence-corrected chi connectivity index (χ0v) is 16.2. The van der Waals surface area contributed by atoms with E-state index < -0.39 is 25.3 Å². The summed E-state index contributed by atoms with van der Waals surface area (Å²) >= 11 is 0. The van der Waals surface area contributed by atoms with Crippen molar-refractivity contribution in [2.45, 2.75) is 55.7 Å². The fourth-order valence-corrected chi connectivity index (χ4v) is 4.43. The van der Waals surface area contributed by atoms with Crippen LogP contribution >= 0.6 is 0 Å². The van der Waals surface area contributed by atoms with Gasteiger partial charge in [0.05, 0.1) is 10.1 Å². The average Bonchev–Trinajstić information content (AvgIpc) is 2.53. The van der Waals surface area contributed by atoms with Crippen LogP contribution in [0.15, 0.2) is 29.2 Å². The molecule has 0 aliphatic heterocycles. The highest BCUT2D eigenvalue weighted by Gasteiger charge is 2.26. The first kappa shape index (κ1) is 20.2. The van der Waals surface area contributed by atoms with E-state index in [9.17, 15) is 16.8 Å². The van der Waals surface area contributed by atoms with Crippen LogP contribution in [0.25, 0.3) is 0 Å². The maximum Gasteiger partial charge on any atom is 0.238 e. The quantitative estimate of drug-likeness (QED) is 0.655. The summed E-state index contributed by atoms with van der Waals surface area (Å²) in [5.41, 5.74) is 0.717. The minimum atomic E-state index is -3.71. The molecule has 1 saturated carbocycles. The summed E-state index contributed by atoms with van der Waals surface area (Å²) in [5.74, 6) is 0.429. The summed E-state index contributed by atoms with van der Waals surface area (Å²) in [7, 11) is -6.93. The highest BCUT2D eigenvalue weighted by atomic mass is 32.2. The number of rotatable bonds is 7. The van der Waals surface area contributed by atoms with Crippen LogP contribution in [0, 0.1) is 5.92 Å². The SMILES string of the molecule is CC(C)S(=O)(=O)N[C@H]1CC[C@H](CNc2cccc(S(N)(=O)=O)c2)CC1. The van der Waals surface area contributed by atoms with Gasteiger partial charge in [-0.3, -0.25) is 0 Å². The van der Waals surface area contributed by atoms with Crippen LogP contribution in [0.3, 0.4) is 0 Å². The molecule has 1 fully saturated rings. The molecule has 0 unspecified atom stereocenters. The maximum absolute atomic E-state index is 11.9. The summed E-state index contributed by atoms with van der Waals surface area (Å²) in [5, 5.41) is 7.97. The molecule has 0 bridgehead atoms. The van der Waals surface area contributed by atoms with Gasteiger partial charge in [0, 0.05) is 18.3 Å². The van der Waals surface area contributed by atoms with E-state index in [1.54, 1.807) is 26.0 Å². The van der Waals surface area contributed by atoms with Gasteiger partial charge >= 0.3 is 0 Å². The smallest absolute Gasteiger partial charge is 0.238 e. The van der Waals surface area contributed by atoms with Crippen LogP contribution in [0.4, 0.5) is 5.69 Å². The van der Waals surface area contributed by atoms with E-state index in [2.05, 4.69) is 10.0 Å². The molecule has 9 heteroatoms. The third-order valence-electron chi connectivity index (χ3n) is 4.56. The Morgan fingerprint density at radius 3 is 2.32 bits per heavy atom. The highest BCUT2D eigenvalue weighted by Crippen LogP contribution is 2.26. The number of primary sulfonamides is 1. The van der Waals surface area contributed by atoms with Gasteiger partial charge < -0.3 is 5.32 Å². The summed E-state index contributed by atoms with van der Waals surface area (Å²) in [6, 6.07) is 6.45. The van der Waals surface area contributed by atoms with Gasteiger partial charge in [-0.25, -0.2) is 26.7 Å². The van der Waals surface area contributed by atoms with Gasteiger partial charge in [0.2, 0.25) is 20.0 Å². The zero-order valence-electron chi connectivity index (χ0n) is 14.6. The number of nitrogens with two attached hydrogens (primary N) is 1.